The number of hydrogen-bond acceptors (Lipinski definition) is 2. The summed E-state index contributed by atoms with van der Waals surface area (Å²) >= 11 is 0. The highest BCUT2D eigenvalue weighted by molar-refractivity contribution is 5.93. The smallest absolute Gasteiger partial charge is 0.318 e. The van der Waals surface area contributed by atoms with Crippen molar-refractivity contribution >= 4 is 11.9 Å². The van der Waals surface area contributed by atoms with Gasteiger partial charge in [-0.3, -0.25) is 9.59 Å². The molecular weight excluding hydrogens is 160 g/mol. The molecule has 1 aliphatic rings. The molecule has 4 heteroatoms. The molecule has 0 heterocycles. The highest BCUT2D eigenvalue weighted by Gasteiger charge is 2.34. The second-order valence-corrected chi connectivity index (χ2v) is 2.82. The lowest BCUT2D eigenvalue weighted by Crippen LogP contribution is -2.29. The van der Waals surface area contributed by atoms with Gasteiger partial charge in [-0.15, -0.1) is 0 Å². The lowest BCUT2D eigenvalue weighted by molar-refractivity contribution is -0.156. The SMILES string of the molecule is O=C(O)C(C(=O)O)[C@H]1C=CCC1. The topological polar surface area (TPSA) is 74.6 Å². The number of carboxylic acid groups (broad SMARTS) is 2. The molecule has 66 valence electrons. The molecule has 0 aromatic carbocycles. The minimum atomic E-state index is -1.27. The summed E-state index contributed by atoms with van der Waals surface area (Å²) < 4.78 is 0. The third-order valence-corrected chi connectivity index (χ3v) is 2.01. The third kappa shape index (κ3) is 1.64. The first kappa shape index (κ1) is 8.77. The van der Waals surface area contributed by atoms with E-state index in [0.29, 0.717) is 6.42 Å². The summed E-state index contributed by atoms with van der Waals surface area (Å²) in [5.41, 5.74) is 0. The van der Waals surface area contributed by atoms with Crippen LogP contribution in [0.4, 0.5) is 0 Å². The van der Waals surface area contributed by atoms with Crippen molar-refractivity contribution in [3.63, 3.8) is 0 Å². The lowest BCUT2D eigenvalue weighted by Gasteiger charge is -2.12. The van der Waals surface area contributed by atoms with E-state index in [2.05, 4.69) is 0 Å². The van der Waals surface area contributed by atoms with Crippen molar-refractivity contribution in [2.24, 2.45) is 11.8 Å². The Kier molecular flexibility index (Phi) is 2.47. The summed E-state index contributed by atoms with van der Waals surface area (Å²) in [6.07, 6.45) is 4.90. The number of aliphatic carboxylic acids is 2. The van der Waals surface area contributed by atoms with Gasteiger partial charge in [0.2, 0.25) is 0 Å². The summed E-state index contributed by atoms with van der Waals surface area (Å²) in [5, 5.41) is 17.2. The van der Waals surface area contributed by atoms with E-state index in [0.717, 1.165) is 6.42 Å². The van der Waals surface area contributed by atoms with E-state index in [9.17, 15) is 9.59 Å². The average Bonchev–Trinajstić information content (AvgIpc) is 2.37. The number of allylic oxidation sites excluding steroid dienone is 2. The van der Waals surface area contributed by atoms with Crippen LogP contribution in [0, 0.1) is 11.8 Å². The maximum atomic E-state index is 10.5. The van der Waals surface area contributed by atoms with Crippen LogP contribution >= 0.6 is 0 Å². The van der Waals surface area contributed by atoms with Gasteiger partial charge in [-0.25, -0.2) is 0 Å². The zero-order valence-electron chi connectivity index (χ0n) is 6.43. The van der Waals surface area contributed by atoms with Crippen molar-refractivity contribution in [2.75, 3.05) is 0 Å². The Morgan fingerprint density at radius 3 is 2.25 bits per heavy atom. The van der Waals surface area contributed by atoms with Crippen molar-refractivity contribution in [1.82, 2.24) is 0 Å². The first-order chi connectivity index (χ1) is 5.63. The number of hydrogen-bond donors (Lipinski definition) is 2. The van der Waals surface area contributed by atoms with Crippen LogP contribution in [0.3, 0.4) is 0 Å². The zero-order chi connectivity index (χ0) is 9.14. The second-order valence-electron chi connectivity index (χ2n) is 2.82. The Balaban J connectivity index is 2.71. The minimum Gasteiger partial charge on any atom is -0.481 e. The first-order valence-corrected chi connectivity index (χ1v) is 3.75. The molecule has 0 aromatic rings. The predicted molar refractivity (Wildman–Crippen MR) is 40.6 cm³/mol. The molecule has 0 saturated carbocycles. The molecule has 1 atom stereocenters. The Bertz CT molecular complexity index is 217. The predicted octanol–water partition coefficient (Wildman–Crippen LogP) is 0.738. The number of carboxylic acids is 2. The van der Waals surface area contributed by atoms with E-state index in [-0.39, 0.29) is 5.92 Å². The van der Waals surface area contributed by atoms with Crippen LogP contribution in [0.25, 0.3) is 0 Å². The fourth-order valence-corrected chi connectivity index (χ4v) is 1.41. The first-order valence-electron chi connectivity index (χ1n) is 3.75. The molecule has 0 amide bonds. The quantitative estimate of drug-likeness (QED) is 0.484. The summed E-state index contributed by atoms with van der Waals surface area (Å²) in [6.45, 7) is 0. The fourth-order valence-electron chi connectivity index (χ4n) is 1.41. The summed E-state index contributed by atoms with van der Waals surface area (Å²) in [7, 11) is 0. The molecule has 0 bridgehead atoms. The molecular formula is C8H10O4. The summed E-state index contributed by atoms with van der Waals surface area (Å²) in [4.78, 5) is 21.0. The van der Waals surface area contributed by atoms with Crippen molar-refractivity contribution in [3.05, 3.63) is 12.2 Å². The molecule has 0 radical (unpaired) electrons. The molecule has 2 N–H and O–H groups in total. The van der Waals surface area contributed by atoms with Gasteiger partial charge in [-0.1, -0.05) is 12.2 Å². The van der Waals surface area contributed by atoms with Crippen LogP contribution < -0.4 is 0 Å². The van der Waals surface area contributed by atoms with Gasteiger partial charge in [0.05, 0.1) is 0 Å². The van der Waals surface area contributed by atoms with Gasteiger partial charge in [-0.05, 0) is 12.8 Å². The molecule has 0 saturated heterocycles. The van der Waals surface area contributed by atoms with E-state index in [1.165, 1.54) is 0 Å². The van der Waals surface area contributed by atoms with Crippen LogP contribution in [0.15, 0.2) is 12.2 Å². The Labute approximate surface area is 69.5 Å². The summed E-state index contributed by atoms with van der Waals surface area (Å²) in [5.74, 6) is -4.11. The van der Waals surface area contributed by atoms with Crippen LogP contribution in [0.5, 0.6) is 0 Å². The second kappa shape index (κ2) is 3.38. The van der Waals surface area contributed by atoms with Gasteiger partial charge in [0.1, 0.15) is 0 Å². The fraction of sp³-hybridized carbons (Fsp3) is 0.500. The molecule has 1 aliphatic carbocycles. The molecule has 12 heavy (non-hydrogen) atoms. The van der Waals surface area contributed by atoms with Crippen molar-refractivity contribution < 1.29 is 19.8 Å². The highest BCUT2D eigenvalue weighted by atomic mass is 16.4. The van der Waals surface area contributed by atoms with Crippen molar-refractivity contribution in [2.45, 2.75) is 12.8 Å². The zero-order valence-corrected chi connectivity index (χ0v) is 6.43. The van der Waals surface area contributed by atoms with Crippen LogP contribution in [0.2, 0.25) is 0 Å². The Morgan fingerprint density at radius 2 is 1.92 bits per heavy atom. The van der Waals surface area contributed by atoms with Crippen molar-refractivity contribution in [1.29, 1.82) is 0 Å². The molecule has 4 nitrogen and oxygen atoms in total. The standard InChI is InChI=1S/C8H10O4/c9-7(10)6(8(11)12)5-3-1-2-4-5/h1,3,5-6H,2,4H2,(H,9,10)(H,11,12)/t5-/m0/s1. The largest absolute Gasteiger partial charge is 0.481 e. The lowest BCUT2D eigenvalue weighted by atomic mass is 9.92. The van der Waals surface area contributed by atoms with Gasteiger partial charge < -0.3 is 10.2 Å². The van der Waals surface area contributed by atoms with Gasteiger partial charge in [0.25, 0.3) is 0 Å². The van der Waals surface area contributed by atoms with E-state index < -0.39 is 17.9 Å². The summed E-state index contributed by atoms with van der Waals surface area (Å²) in [6, 6.07) is 0. The molecule has 0 aliphatic heterocycles. The minimum absolute atomic E-state index is 0.333. The van der Waals surface area contributed by atoms with Crippen molar-refractivity contribution in [3.8, 4) is 0 Å². The number of rotatable bonds is 3. The third-order valence-electron chi connectivity index (χ3n) is 2.01. The van der Waals surface area contributed by atoms with Crippen LogP contribution in [-0.2, 0) is 9.59 Å². The number of carbonyl (C=O) groups is 2. The Hall–Kier alpha value is -1.32. The Morgan fingerprint density at radius 1 is 1.33 bits per heavy atom. The van der Waals surface area contributed by atoms with Gasteiger partial charge in [-0.2, -0.15) is 0 Å². The van der Waals surface area contributed by atoms with Gasteiger partial charge >= 0.3 is 11.9 Å². The molecule has 0 aromatic heterocycles. The molecule has 0 spiro atoms. The molecule has 0 fully saturated rings. The maximum absolute atomic E-state index is 10.5. The van der Waals surface area contributed by atoms with E-state index >= 15 is 0 Å². The van der Waals surface area contributed by atoms with E-state index in [1.54, 1.807) is 6.08 Å². The van der Waals surface area contributed by atoms with Gasteiger partial charge in [0.15, 0.2) is 5.92 Å². The van der Waals surface area contributed by atoms with E-state index in [4.69, 9.17) is 10.2 Å². The van der Waals surface area contributed by atoms with Crippen LogP contribution in [0.1, 0.15) is 12.8 Å². The monoisotopic (exact) mass is 170 g/mol. The van der Waals surface area contributed by atoms with Gasteiger partial charge in [0, 0.05) is 5.92 Å². The van der Waals surface area contributed by atoms with Crippen LogP contribution in [-0.4, -0.2) is 22.2 Å². The normalized spacial score (nSPS) is 21.6. The average molecular weight is 170 g/mol. The highest BCUT2D eigenvalue weighted by Crippen LogP contribution is 2.25. The van der Waals surface area contributed by atoms with E-state index in [1.807, 2.05) is 6.08 Å². The molecule has 0 unspecified atom stereocenters. The molecule has 1 rings (SSSR count). The maximum Gasteiger partial charge on any atom is 0.318 e.